The molecule has 0 radical (unpaired) electrons. The lowest BCUT2D eigenvalue weighted by Gasteiger charge is -2.33. The molecular weight excluding hydrogens is 314 g/mol. The Bertz CT molecular complexity index is 707. The van der Waals surface area contributed by atoms with Crippen LogP contribution in [0, 0.1) is 6.92 Å². The Labute approximate surface area is 149 Å². The predicted molar refractivity (Wildman–Crippen MR) is 98.0 cm³/mol. The van der Waals surface area contributed by atoms with Gasteiger partial charge < -0.3 is 14.4 Å². The Morgan fingerprint density at radius 3 is 2.44 bits per heavy atom. The van der Waals surface area contributed by atoms with Crippen molar-refractivity contribution in [2.24, 2.45) is 0 Å². The highest BCUT2D eigenvalue weighted by Gasteiger charge is 2.26. The molecule has 132 valence electrons. The van der Waals surface area contributed by atoms with Gasteiger partial charge in [-0.05, 0) is 50.6 Å². The van der Waals surface area contributed by atoms with Gasteiger partial charge in [-0.25, -0.2) is 0 Å². The van der Waals surface area contributed by atoms with Crippen LogP contribution in [0.4, 0.5) is 0 Å². The number of amides is 1. The van der Waals surface area contributed by atoms with Crippen molar-refractivity contribution in [1.29, 1.82) is 0 Å². The Kier molecular flexibility index (Phi) is 5.39. The van der Waals surface area contributed by atoms with Crippen molar-refractivity contribution in [3.63, 3.8) is 0 Å². The molecule has 1 heterocycles. The third kappa shape index (κ3) is 4.40. The fourth-order valence-electron chi connectivity index (χ4n) is 2.95. The number of morpholine rings is 1. The molecule has 1 fully saturated rings. The maximum absolute atomic E-state index is 12.8. The summed E-state index contributed by atoms with van der Waals surface area (Å²) in [4.78, 5) is 14.7. The molecule has 1 unspecified atom stereocenters. The minimum Gasteiger partial charge on any atom is -0.491 e. The van der Waals surface area contributed by atoms with E-state index in [9.17, 15) is 4.79 Å². The van der Waals surface area contributed by atoms with Crippen molar-refractivity contribution in [3.8, 4) is 5.75 Å². The number of rotatable bonds is 4. The van der Waals surface area contributed by atoms with Crippen molar-refractivity contribution in [2.75, 3.05) is 19.7 Å². The van der Waals surface area contributed by atoms with Crippen LogP contribution in [-0.2, 0) is 4.74 Å². The second kappa shape index (κ2) is 7.70. The molecule has 0 saturated carbocycles. The maximum atomic E-state index is 12.8. The first-order chi connectivity index (χ1) is 12.0. The molecule has 0 spiro atoms. The monoisotopic (exact) mass is 339 g/mol. The summed E-state index contributed by atoms with van der Waals surface area (Å²) in [7, 11) is 0. The van der Waals surface area contributed by atoms with Crippen LogP contribution in [-0.4, -0.2) is 36.6 Å². The van der Waals surface area contributed by atoms with E-state index in [1.54, 1.807) is 0 Å². The van der Waals surface area contributed by atoms with Crippen LogP contribution >= 0.6 is 0 Å². The first-order valence-electron chi connectivity index (χ1n) is 8.77. The third-order valence-corrected chi connectivity index (χ3v) is 4.28. The quantitative estimate of drug-likeness (QED) is 0.845. The SMILES string of the molecule is Cc1ccc(C2CN(C(=O)c3ccc(OC(C)C)cc3)CCO2)cc1. The average molecular weight is 339 g/mol. The minimum absolute atomic E-state index is 0.0384. The largest absolute Gasteiger partial charge is 0.491 e. The normalized spacial score (nSPS) is 17.6. The lowest BCUT2D eigenvalue weighted by molar-refractivity contribution is -0.0228. The number of benzene rings is 2. The molecule has 25 heavy (non-hydrogen) atoms. The summed E-state index contributed by atoms with van der Waals surface area (Å²) in [6.45, 7) is 7.78. The third-order valence-electron chi connectivity index (χ3n) is 4.28. The fraction of sp³-hybridized carbons (Fsp3) is 0.381. The summed E-state index contributed by atoms with van der Waals surface area (Å²) < 4.78 is 11.5. The predicted octanol–water partition coefficient (Wildman–Crippen LogP) is 4.00. The molecule has 1 atom stereocenters. The highest BCUT2D eigenvalue weighted by Crippen LogP contribution is 2.24. The van der Waals surface area contributed by atoms with Crippen LogP contribution in [0.5, 0.6) is 5.75 Å². The Hall–Kier alpha value is -2.33. The van der Waals surface area contributed by atoms with Crippen molar-refractivity contribution < 1.29 is 14.3 Å². The van der Waals surface area contributed by atoms with Crippen LogP contribution in [0.3, 0.4) is 0 Å². The zero-order valence-corrected chi connectivity index (χ0v) is 15.1. The number of hydrogen-bond acceptors (Lipinski definition) is 3. The van der Waals surface area contributed by atoms with E-state index in [0.717, 1.165) is 11.3 Å². The van der Waals surface area contributed by atoms with Crippen LogP contribution in [0.25, 0.3) is 0 Å². The molecule has 1 aliphatic rings. The van der Waals surface area contributed by atoms with E-state index in [1.807, 2.05) is 43.0 Å². The second-order valence-electron chi connectivity index (χ2n) is 6.71. The number of carbonyl (C=O) groups excluding carboxylic acids is 1. The zero-order valence-electron chi connectivity index (χ0n) is 15.1. The highest BCUT2D eigenvalue weighted by atomic mass is 16.5. The summed E-state index contributed by atoms with van der Waals surface area (Å²) in [5.41, 5.74) is 3.01. The summed E-state index contributed by atoms with van der Waals surface area (Å²) >= 11 is 0. The average Bonchev–Trinajstić information content (AvgIpc) is 2.62. The fourth-order valence-corrected chi connectivity index (χ4v) is 2.95. The van der Waals surface area contributed by atoms with Crippen LogP contribution in [0.2, 0.25) is 0 Å². The van der Waals surface area contributed by atoms with Crippen molar-refractivity contribution in [3.05, 3.63) is 65.2 Å². The van der Waals surface area contributed by atoms with E-state index >= 15 is 0 Å². The Morgan fingerprint density at radius 1 is 1.12 bits per heavy atom. The van der Waals surface area contributed by atoms with E-state index in [-0.39, 0.29) is 18.1 Å². The van der Waals surface area contributed by atoms with Crippen molar-refractivity contribution >= 4 is 5.91 Å². The minimum atomic E-state index is -0.0677. The van der Waals surface area contributed by atoms with E-state index in [4.69, 9.17) is 9.47 Å². The maximum Gasteiger partial charge on any atom is 0.254 e. The molecule has 2 aromatic rings. The first kappa shape index (κ1) is 17.5. The number of nitrogens with zero attached hydrogens (tertiary/aromatic N) is 1. The van der Waals surface area contributed by atoms with Crippen LogP contribution < -0.4 is 4.74 Å². The zero-order chi connectivity index (χ0) is 17.8. The van der Waals surface area contributed by atoms with Gasteiger partial charge in [0.05, 0.1) is 19.3 Å². The summed E-state index contributed by atoms with van der Waals surface area (Å²) in [5, 5.41) is 0. The topological polar surface area (TPSA) is 38.8 Å². The number of hydrogen-bond donors (Lipinski definition) is 0. The lowest BCUT2D eigenvalue weighted by atomic mass is 10.1. The molecule has 2 aromatic carbocycles. The molecule has 0 bridgehead atoms. The molecule has 1 saturated heterocycles. The standard InChI is InChI=1S/C21H25NO3/c1-15(2)25-19-10-8-18(9-11-19)21(23)22-12-13-24-20(14-22)17-6-4-16(3)5-7-17/h4-11,15,20H,12-14H2,1-3H3. The highest BCUT2D eigenvalue weighted by molar-refractivity contribution is 5.94. The molecule has 0 aromatic heterocycles. The van der Waals surface area contributed by atoms with Gasteiger partial charge in [-0.15, -0.1) is 0 Å². The van der Waals surface area contributed by atoms with Gasteiger partial charge in [0, 0.05) is 12.1 Å². The van der Waals surface area contributed by atoms with Crippen LogP contribution in [0.15, 0.2) is 48.5 Å². The van der Waals surface area contributed by atoms with E-state index in [2.05, 4.69) is 31.2 Å². The summed E-state index contributed by atoms with van der Waals surface area (Å²) in [6, 6.07) is 15.7. The van der Waals surface area contributed by atoms with E-state index in [0.29, 0.717) is 25.3 Å². The number of carbonyl (C=O) groups is 1. The van der Waals surface area contributed by atoms with Crippen molar-refractivity contribution in [2.45, 2.75) is 33.0 Å². The molecule has 4 nitrogen and oxygen atoms in total. The van der Waals surface area contributed by atoms with Gasteiger partial charge in [0.2, 0.25) is 0 Å². The molecule has 1 amide bonds. The molecule has 0 aliphatic carbocycles. The van der Waals surface area contributed by atoms with Crippen LogP contribution in [0.1, 0.15) is 41.4 Å². The Balaban J connectivity index is 1.68. The summed E-state index contributed by atoms with van der Waals surface area (Å²) in [5.74, 6) is 0.822. The van der Waals surface area contributed by atoms with Gasteiger partial charge in [0.15, 0.2) is 0 Å². The second-order valence-corrected chi connectivity index (χ2v) is 6.71. The van der Waals surface area contributed by atoms with Gasteiger partial charge in [0.1, 0.15) is 11.9 Å². The van der Waals surface area contributed by atoms with E-state index in [1.165, 1.54) is 5.56 Å². The van der Waals surface area contributed by atoms with Gasteiger partial charge >= 0.3 is 0 Å². The number of ether oxygens (including phenoxy) is 2. The van der Waals surface area contributed by atoms with Gasteiger partial charge in [0.25, 0.3) is 5.91 Å². The lowest BCUT2D eigenvalue weighted by Crippen LogP contribution is -2.42. The number of aryl methyl sites for hydroxylation is 1. The molecule has 4 heteroatoms. The first-order valence-corrected chi connectivity index (χ1v) is 8.77. The van der Waals surface area contributed by atoms with Crippen molar-refractivity contribution in [1.82, 2.24) is 4.90 Å². The molecule has 0 N–H and O–H groups in total. The van der Waals surface area contributed by atoms with Gasteiger partial charge in [-0.2, -0.15) is 0 Å². The van der Waals surface area contributed by atoms with Gasteiger partial charge in [-0.3, -0.25) is 4.79 Å². The summed E-state index contributed by atoms with van der Waals surface area (Å²) in [6.07, 6.45) is 0.0536. The molecule has 1 aliphatic heterocycles. The smallest absolute Gasteiger partial charge is 0.254 e. The van der Waals surface area contributed by atoms with E-state index < -0.39 is 0 Å². The molecule has 3 rings (SSSR count). The van der Waals surface area contributed by atoms with Gasteiger partial charge in [-0.1, -0.05) is 29.8 Å². The Morgan fingerprint density at radius 2 is 1.80 bits per heavy atom. The molecular formula is C21H25NO3.